The molecular weight excluding hydrogens is 134 g/mol. The SMILES string of the molecule is [O]CC(=O)NC1CCCO1. The van der Waals surface area contributed by atoms with Crippen molar-refractivity contribution in [2.24, 2.45) is 0 Å². The zero-order valence-corrected chi connectivity index (χ0v) is 5.63. The zero-order valence-electron chi connectivity index (χ0n) is 5.63. The van der Waals surface area contributed by atoms with Gasteiger partial charge in [-0.1, -0.05) is 0 Å². The van der Waals surface area contributed by atoms with Gasteiger partial charge in [0.05, 0.1) is 0 Å². The maximum atomic E-state index is 10.5. The van der Waals surface area contributed by atoms with Crippen molar-refractivity contribution in [1.82, 2.24) is 5.32 Å². The number of ether oxygens (including phenoxy) is 1. The second kappa shape index (κ2) is 3.53. The van der Waals surface area contributed by atoms with Crippen molar-refractivity contribution in [3.8, 4) is 0 Å². The third-order valence-corrected chi connectivity index (χ3v) is 1.38. The Morgan fingerprint density at radius 3 is 3.00 bits per heavy atom. The summed E-state index contributed by atoms with van der Waals surface area (Å²) in [7, 11) is 0. The van der Waals surface area contributed by atoms with Crippen molar-refractivity contribution in [1.29, 1.82) is 0 Å². The molecule has 57 valence electrons. The smallest absolute Gasteiger partial charge is 0.251 e. The van der Waals surface area contributed by atoms with Gasteiger partial charge in [-0.2, -0.15) is 0 Å². The maximum Gasteiger partial charge on any atom is 0.251 e. The Balaban J connectivity index is 2.17. The summed E-state index contributed by atoms with van der Waals surface area (Å²) in [6.07, 6.45) is 1.58. The Bertz CT molecular complexity index is 120. The summed E-state index contributed by atoms with van der Waals surface area (Å²) < 4.78 is 5.05. The largest absolute Gasteiger partial charge is 0.359 e. The maximum absolute atomic E-state index is 10.5. The first kappa shape index (κ1) is 7.50. The molecule has 0 bridgehead atoms. The van der Waals surface area contributed by atoms with Crippen molar-refractivity contribution in [2.45, 2.75) is 19.1 Å². The summed E-state index contributed by atoms with van der Waals surface area (Å²) in [6.45, 7) is -0.0241. The van der Waals surface area contributed by atoms with E-state index in [1.807, 2.05) is 0 Å². The molecule has 0 aromatic carbocycles. The van der Waals surface area contributed by atoms with Crippen molar-refractivity contribution in [3.63, 3.8) is 0 Å². The van der Waals surface area contributed by atoms with Crippen LogP contribution in [0.5, 0.6) is 0 Å². The molecule has 1 unspecified atom stereocenters. The fourth-order valence-corrected chi connectivity index (χ4v) is 0.913. The first-order valence-corrected chi connectivity index (χ1v) is 3.32. The highest BCUT2D eigenvalue weighted by Gasteiger charge is 2.16. The van der Waals surface area contributed by atoms with Crippen molar-refractivity contribution in [3.05, 3.63) is 0 Å². The molecule has 1 heterocycles. The van der Waals surface area contributed by atoms with Gasteiger partial charge in [0.2, 0.25) is 0 Å². The number of carbonyl (C=O) groups excluding carboxylic acids is 1. The van der Waals surface area contributed by atoms with Crippen LogP contribution in [-0.4, -0.2) is 25.3 Å². The number of amides is 1. The van der Waals surface area contributed by atoms with Crippen molar-refractivity contribution < 1.29 is 14.6 Å². The average molecular weight is 144 g/mol. The van der Waals surface area contributed by atoms with E-state index in [2.05, 4.69) is 5.32 Å². The molecule has 1 atom stereocenters. The van der Waals surface area contributed by atoms with Crippen LogP contribution in [0.15, 0.2) is 0 Å². The fourth-order valence-electron chi connectivity index (χ4n) is 0.913. The van der Waals surface area contributed by atoms with E-state index in [1.54, 1.807) is 0 Å². The molecule has 1 saturated heterocycles. The van der Waals surface area contributed by atoms with Gasteiger partial charge in [0.25, 0.3) is 5.91 Å². The summed E-state index contributed by atoms with van der Waals surface area (Å²) in [6, 6.07) is 0. The Morgan fingerprint density at radius 1 is 1.70 bits per heavy atom. The highest BCUT2D eigenvalue weighted by molar-refractivity contribution is 5.76. The summed E-state index contributed by atoms with van der Waals surface area (Å²) in [5, 5.41) is 12.4. The van der Waals surface area contributed by atoms with E-state index >= 15 is 0 Å². The molecule has 10 heavy (non-hydrogen) atoms. The van der Waals surface area contributed by atoms with E-state index in [0.717, 1.165) is 12.8 Å². The quantitative estimate of drug-likeness (QED) is 0.577. The molecule has 1 aliphatic rings. The van der Waals surface area contributed by atoms with Crippen LogP contribution in [0.4, 0.5) is 0 Å². The van der Waals surface area contributed by atoms with Gasteiger partial charge in [0.15, 0.2) is 6.61 Å². The normalized spacial score (nSPS) is 24.7. The Labute approximate surface area is 59.2 Å². The Kier molecular flexibility index (Phi) is 2.65. The van der Waals surface area contributed by atoms with Crippen LogP contribution < -0.4 is 5.32 Å². The predicted molar refractivity (Wildman–Crippen MR) is 32.7 cm³/mol. The first-order chi connectivity index (χ1) is 4.83. The second-order valence-electron chi connectivity index (χ2n) is 2.21. The number of hydrogen-bond acceptors (Lipinski definition) is 2. The van der Waals surface area contributed by atoms with Gasteiger partial charge < -0.3 is 10.1 Å². The number of hydrogen-bond donors (Lipinski definition) is 1. The predicted octanol–water partition coefficient (Wildman–Crippen LogP) is -0.330. The molecule has 1 amide bonds. The fraction of sp³-hybridized carbons (Fsp3) is 0.833. The third kappa shape index (κ3) is 1.97. The standard InChI is InChI=1S/C6H10NO3/c8-4-5(9)7-6-2-1-3-10-6/h6H,1-4H2,(H,7,9). The number of carbonyl (C=O) groups is 1. The lowest BCUT2D eigenvalue weighted by molar-refractivity contribution is -0.128. The van der Waals surface area contributed by atoms with Gasteiger partial charge in [-0.15, -0.1) is 0 Å². The minimum absolute atomic E-state index is 0.207. The zero-order chi connectivity index (χ0) is 7.40. The topological polar surface area (TPSA) is 58.2 Å². The summed E-state index contributed by atoms with van der Waals surface area (Å²) in [5.74, 6) is -0.480. The van der Waals surface area contributed by atoms with Crippen LogP contribution >= 0.6 is 0 Å². The number of nitrogens with one attached hydrogen (secondary N) is 1. The molecule has 0 aromatic rings. The van der Waals surface area contributed by atoms with Crippen LogP contribution in [0.25, 0.3) is 0 Å². The van der Waals surface area contributed by atoms with Crippen LogP contribution in [-0.2, 0) is 14.6 Å². The van der Waals surface area contributed by atoms with Gasteiger partial charge in [0, 0.05) is 6.61 Å². The second-order valence-corrected chi connectivity index (χ2v) is 2.21. The lowest BCUT2D eigenvalue weighted by Crippen LogP contribution is -2.35. The molecule has 0 aromatic heterocycles. The van der Waals surface area contributed by atoms with Gasteiger partial charge in [-0.3, -0.25) is 4.79 Å². The van der Waals surface area contributed by atoms with Crippen LogP contribution in [0.2, 0.25) is 0 Å². The highest BCUT2D eigenvalue weighted by atomic mass is 16.5. The molecule has 1 N–H and O–H groups in total. The van der Waals surface area contributed by atoms with Crippen molar-refractivity contribution >= 4 is 5.91 Å². The van der Waals surface area contributed by atoms with E-state index in [-0.39, 0.29) is 6.23 Å². The molecule has 1 radical (unpaired) electrons. The molecule has 0 aliphatic carbocycles. The van der Waals surface area contributed by atoms with E-state index in [0.29, 0.717) is 6.61 Å². The summed E-state index contributed by atoms with van der Waals surface area (Å²) in [4.78, 5) is 10.5. The highest BCUT2D eigenvalue weighted by Crippen LogP contribution is 2.08. The summed E-state index contributed by atoms with van der Waals surface area (Å²) >= 11 is 0. The molecule has 0 saturated carbocycles. The van der Waals surface area contributed by atoms with E-state index in [4.69, 9.17) is 4.74 Å². The minimum Gasteiger partial charge on any atom is -0.359 e. The third-order valence-electron chi connectivity index (χ3n) is 1.38. The average Bonchev–Trinajstić information content (AvgIpc) is 2.40. The lowest BCUT2D eigenvalue weighted by Gasteiger charge is -2.08. The molecule has 4 nitrogen and oxygen atoms in total. The molecule has 1 rings (SSSR count). The molecule has 1 aliphatic heterocycles. The lowest BCUT2D eigenvalue weighted by atomic mass is 10.3. The van der Waals surface area contributed by atoms with E-state index in [9.17, 15) is 9.90 Å². The Morgan fingerprint density at radius 2 is 2.50 bits per heavy atom. The first-order valence-electron chi connectivity index (χ1n) is 3.32. The van der Waals surface area contributed by atoms with Crippen LogP contribution in [0.3, 0.4) is 0 Å². The van der Waals surface area contributed by atoms with Crippen molar-refractivity contribution in [2.75, 3.05) is 13.2 Å². The molecule has 0 spiro atoms. The monoisotopic (exact) mass is 144 g/mol. The molecular formula is C6H10NO3. The summed E-state index contributed by atoms with van der Waals surface area (Å²) in [5.41, 5.74) is 0. The van der Waals surface area contributed by atoms with Crippen LogP contribution in [0.1, 0.15) is 12.8 Å². The van der Waals surface area contributed by atoms with Crippen LogP contribution in [0, 0.1) is 0 Å². The van der Waals surface area contributed by atoms with Gasteiger partial charge >= 0.3 is 0 Å². The Hall–Kier alpha value is -0.610. The van der Waals surface area contributed by atoms with Gasteiger partial charge in [-0.05, 0) is 12.8 Å². The molecule has 4 heteroatoms. The van der Waals surface area contributed by atoms with Gasteiger partial charge in [-0.25, -0.2) is 5.11 Å². The molecule has 1 fully saturated rings. The minimum atomic E-state index is -0.708. The van der Waals surface area contributed by atoms with E-state index < -0.39 is 12.5 Å². The number of rotatable bonds is 2. The van der Waals surface area contributed by atoms with Gasteiger partial charge in [0.1, 0.15) is 6.23 Å². The van der Waals surface area contributed by atoms with E-state index in [1.165, 1.54) is 0 Å².